The zero-order valence-corrected chi connectivity index (χ0v) is 16.9. The van der Waals surface area contributed by atoms with Crippen molar-refractivity contribution in [3.05, 3.63) is 11.8 Å². The van der Waals surface area contributed by atoms with Crippen LogP contribution in [0.3, 0.4) is 0 Å². The quantitative estimate of drug-likeness (QED) is 0.597. The van der Waals surface area contributed by atoms with Crippen molar-refractivity contribution in [3.8, 4) is 6.07 Å². The van der Waals surface area contributed by atoms with Crippen LogP contribution >= 0.6 is 0 Å². The van der Waals surface area contributed by atoms with Gasteiger partial charge >= 0.3 is 0 Å². The first kappa shape index (κ1) is 18.8. The van der Waals surface area contributed by atoms with Gasteiger partial charge in [-0.25, -0.2) is 0 Å². The third kappa shape index (κ3) is 3.74. The monoisotopic (exact) mass is 370 g/mol. The summed E-state index contributed by atoms with van der Waals surface area (Å²) in [5, 5.41) is 12.8. The van der Waals surface area contributed by atoms with E-state index in [4.69, 9.17) is 0 Å². The van der Waals surface area contributed by atoms with Crippen LogP contribution in [0.2, 0.25) is 0 Å². The number of hydrogen-bond donors (Lipinski definition) is 1. The van der Waals surface area contributed by atoms with E-state index in [0.29, 0.717) is 0 Å². The topological polar surface area (TPSA) is 59.4 Å². The molecule has 5 nitrogen and oxygen atoms in total. The van der Waals surface area contributed by atoms with E-state index < -0.39 is 0 Å². The van der Waals surface area contributed by atoms with E-state index in [2.05, 4.69) is 35.0 Å². The van der Waals surface area contributed by atoms with Crippen LogP contribution in [0.1, 0.15) is 52.4 Å². The Morgan fingerprint density at radius 2 is 1.70 bits per heavy atom. The van der Waals surface area contributed by atoms with Crippen LogP contribution in [0.5, 0.6) is 0 Å². The first-order valence-corrected chi connectivity index (χ1v) is 10.9. The Bertz CT molecular complexity index is 606. The number of likely N-dealkylation sites (N-methyl/N-ethyl adjacent to an activating group) is 1. The van der Waals surface area contributed by atoms with Gasteiger partial charge in [0.1, 0.15) is 11.6 Å². The predicted octanol–water partition coefficient (Wildman–Crippen LogP) is 2.75. The normalized spacial score (nSPS) is 37.1. The molecule has 1 amide bonds. The second-order valence-corrected chi connectivity index (χ2v) is 9.60. The average Bonchev–Trinajstić information content (AvgIpc) is 2.65. The second-order valence-electron chi connectivity index (χ2n) is 9.60. The van der Waals surface area contributed by atoms with Crippen molar-refractivity contribution in [1.82, 2.24) is 15.1 Å². The van der Waals surface area contributed by atoms with E-state index in [-0.39, 0.29) is 22.9 Å². The van der Waals surface area contributed by atoms with Crippen LogP contribution < -0.4 is 5.32 Å². The van der Waals surface area contributed by atoms with Crippen molar-refractivity contribution in [2.24, 2.45) is 23.2 Å². The Morgan fingerprint density at radius 3 is 2.19 bits per heavy atom. The van der Waals surface area contributed by atoms with Gasteiger partial charge in [0.2, 0.25) is 0 Å². The number of carbonyl (C=O) groups excluding carboxylic acids is 1. The molecule has 1 atom stereocenters. The molecular weight excluding hydrogens is 336 g/mol. The third-order valence-electron chi connectivity index (χ3n) is 7.88. The van der Waals surface area contributed by atoms with E-state index in [0.717, 1.165) is 50.5 Å². The summed E-state index contributed by atoms with van der Waals surface area (Å²) in [5.74, 6) is 2.43. The summed E-state index contributed by atoms with van der Waals surface area (Å²) < 4.78 is 0. The van der Waals surface area contributed by atoms with Gasteiger partial charge < -0.3 is 15.1 Å². The molecule has 4 bridgehead atoms. The molecular formula is C22H34N4O. The smallest absolute Gasteiger partial charge is 0.263 e. The van der Waals surface area contributed by atoms with Gasteiger partial charge in [0.05, 0.1) is 0 Å². The van der Waals surface area contributed by atoms with Crippen LogP contribution in [0.15, 0.2) is 11.8 Å². The van der Waals surface area contributed by atoms with E-state index in [9.17, 15) is 10.1 Å². The number of rotatable bonds is 5. The lowest BCUT2D eigenvalue weighted by molar-refractivity contribution is -0.122. The maximum absolute atomic E-state index is 12.8. The highest BCUT2D eigenvalue weighted by atomic mass is 16.1. The maximum Gasteiger partial charge on any atom is 0.263 e. The van der Waals surface area contributed by atoms with Gasteiger partial charge in [-0.05, 0) is 75.2 Å². The molecule has 5 aliphatic rings. The molecule has 0 aromatic carbocycles. The average molecular weight is 371 g/mol. The molecule has 1 N–H and O–H groups in total. The summed E-state index contributed by atoms with van der Waals surface area (Å²) in [6, 6.07) is 2.31. The van der Waals surface area contributed by atoms with Crippen LogP contribution in [0, 0.1) is 34.5 Å². The molecule has 27 heavy (non-hydrogen) atoms. The minimum Gasteiger partial charge on any atom is -0.374 e. The fourth-order valence-electron chi connectivity index (χ4n) is 6.66. The van der Waals surface area contributed by atoms with Gasteiger partial charge in [-0.1, -0.05) is 6.92 Å². The molecule has 148 valence electrons. The Morgan fingerprint density at radius 1 is 1.15 bits per heavy atom. The number of hydrogen-bond acceptors (Lipinski definition) is 4. The number of piperazine rings is 1. The first-order valence-electron chi connectivity index (χ1n) is 10.9. The Labute approximate surface area is 163 Å². The molecule has 4 saturated carbocycles. The van der Waals surface area contributed by atoms with Crippen molar-refractivity contribution < 1.29 is 4.79 Å². The van der Waals surface area contributed by atoms with E-state index >= 15 is 0 Å². The van der Waals surface area contributed by atoms with Crippen LogP contribution in [-0.4, -0.2) is 54.5 Å². The molecule has 1 unspecified atom stereocenters. The molecule has 5 rings (SSSR count). The molecule has 0 radical (unpaired) electrons. The van der Waals surface area contributed by atoms with Crippen LogP contribution in [0.25, 0.3) is 0 Å². The summed E-state index contributed by atoms with van der Waals surface area (Å²) in [6.45, 7) is 9.18. The molecule has 1 aliphatic heterocycles. The fraction of sp³-hybridized carbons (Fsp3) is 0.818. The largest absolute Gasteiger partial charge is 0.374 e. The number of amides is 1. The lowest BCUT2D eigenvalue weighted by atomic mass is 9.48. The van der Waals surface area contributed by atoms with E-state index in [1.165, 1.54) is 38.5 Å². The highest BCUT2D eigenvalue weighted by Gasteiger charge is 2.53. The molecule has 4 aliphatic carbocycles. The highest BCUT2D eigenvalue weighted by Crippen LogP contribution is 2.61. The minimum absolute atomic E-state index is 0.159. The van der Waals surface area contributed by atoms with Crippen LogP contribution in [-0.2, 0) is 4.79 Å². The standard InChI is InChI=1S/C22H34N4O/c1-3-25-4-6-26(7-5-25)15-20(14-23)21(27)24-16(2)22-11-17-8-18(12-22)10-19(9-17)13-22/h15-19H,3-13H2,1-2H3,(H,24,27)/b20-15-. The Balaban J connectivity index is 1.39. The Hall–Kier alpha value is -1.54. The predicted molar refractivity (Wildman–Crippen MR) is 106 cm³/mol. The van der Waals surface area contributed by atoms with Crippen molar-refractivity contribution in [2.75, 3.05) is 32.7 Å². The molecule has 0 spiro atoms. The number of nitrogens with zero attached hydrogens (tertiary/aromatic N) is 3. The zero-order chi connectivity index (χ0) is 19.0. The molecule has 5 fully saturated rings. The van der Waals surface area contributed by atoms with Gasteiger partial charge in [-0.3, -0.25) is 4.79 Å². The van der Waals surface area contributed by atoms with E-state index in [1.807, 2.05) is 0 Å². The first-order chi connectivity index (χ1) is 13.0. The van der Waals surface area contributed by atoms with E-state index in [1.54, 1.807) is 6.20 Å². The molecule has 0 aromatic heterocycles. The molecule has 0 aromatic rings. The lowest BCUT2D eigenvalue weighted by Crippen LogP contribution is -2.56. The summed E-state index contributed by atoms with van der Waals surface area (Å²) >= 11 is 0. The summed E-state index contributed by atoms with van der Waals surface area (Å²) in [6.07, 6.45) is 9.82. The fourth-order valence-corrected chi connectivity index (χ4v) is 6.66. The third-order valence-corrected chi connectivity index (χ3v) is 7.88. The number of nitrogens with one attached hydrogen (secondary N) is 1. The number of nitriles is 1. The second kappa shape index (κ2) is 7.47. The van der Waals surface area contributed by atoms with Gasteiger partial charge in [0, 0.05) is 38.4 Å². The lowest BCUT2D eigenvalue weighted by Gasteiger charge is -2.59. The SMILES string of the molecule is CCN1CCN(/C=C(/C#N)C(=O)NC(C)C23CC4CC(CC(C4)C2)C3)CC1. The van der Waals surface area contributed by atoms with Crippen molar-refractivity contribution in [3.63, 3.8) is 0 Å². The van der Waals surface area contributed by atoms with Gasteiger partial charge in [0.15, 0.2) is 0 Å². The molecule has 1 heterocycles. The Kier molecular flexibility index (Phi) is 5.20. The zero-order valence-electron chi connectivity index (χ0n) is 16.9. The highest BCUT2D eigenvalue weighted by molar-refractivity contribution is 5.97. The van der Waals surface area contributed by atoms with Crippen molar-refractivity contribution >= 4 is 5.91 Å². The molecule has 1 saturated heterocycles. The van der Waals surface area contributed by atoms with Crippen molar-refractivity contribution in [1.29, 1.82) is 5.26 Å². The van der Waals surface area contributed by atoms with Gasteiger partial charge in [-0.2, -0.15) is 5.26 Å². The summed E-state index contributed by atoms with van der Waals surface area (Å²) in [7, 11) is 0. The maximum atomic E-state index is 12.8. The van der Waals surface area contributed by atoms with Crippen LogP contribution in [0.4, 0.5) is 0 Å². The van der Waals surface area contributed by atoms with Crippen molar-refractivity contribution in [2.45, 2.75) is 58.4 Å². The summed E-state index contributed by atoms with van der Waals surface area (Å²) in [4.78, 5) is 17.4. The van der Waals surface area contributed by atoms with Gasteiger partial charge in [0.25, 0.3) is 5.91 Å². The summed E-state index contributed by atoms with van der Waals surface area (Å²) in [5.41, 5.74) is 0.536. The minimum atomic E-state index is -0.182. The molecule has 5 heteroatoms. The number of carbonyl (C=O) groups is 1. The van der Waals surface area contributed by atoms with Gasteiger partial charge in [-0.15, -0.1) is 0 Å².